The summed E-state index contributed by atoms with van der Waals surface area (Å²) in [6, 6.07) is 10.4. The summed E-state index contributed by atoms with van der Waals surface area (Å²) in [5.41, 5.74) is 2.38. The van der Waals surface area contributed by atoms with Gasteiger partial charge in [-0.05, 0) is 54.8 Å². The number of nitrogens with zero attached hydrogens (tertiary/aromatic N) is 1. The van der Waals surface area contributed by atoms with Crippen molar-refractivity contribution in [2.24, 2.45) is 0 Å². The number of amides is 1. The van der Waals surface area contributed by atoms with Gasteiger partial charge in [-0.15, -0.1) is 0 Å². The number of hydrogen-bond acceptors (Lipinski definition) is 3. The number of aromatic hydroxyl groups is 1. The Morgan fingerprint density at radius 2 is 2.09 bits per heavy atom. The smallest absolute Gasteiger partial charge is 0.258 e. The van der Waals surface area contributed by atoms with E-state index in [0.717, 1.165) is 24.2 Å². The van der Waals surface area contributed by atoms with Gasteiger partial charge in [-0.25, -0.2) is 0 Å². The molecule has 0 radical (unpaired) electrons. The van der Waals surface area contributed by atoms with Crippen molar-refractivity contribution in [3.05, 3.63) is 52.5 Å². The molecule has 23 heavy (non-hydrogen) atoms. The normalized spacial score (nSPS) is 13.8. The second-order valence-corrected chi connectivity index (χ2v) is 5.92. The fourth-order valence-electron chi connectivity index (χ4n) is 2.68. The molecule has 0 aliphatic carbocycles. The highest BCUT2D eigenvalue weighted by atomic mass is 35.5. The summed E-state index contributed by atoms with van der Waals surface area (Å²) < 4.78 is 5.63. The van der Waals surface area contributed by atoms with Gasteiger partial charge in [-0.1, -0.05) is 18.5 Å². The van der Waals surface area contributed by atoms with Crippen molar-refractivity contribution in [2.75, 3.05) is 18.1 Å². The lowest BCUT2D eigenvalue weighted by atomic mass is 9.98. The Morgan fingerprint density at radius 1 is 1.26 bits per heavy atom. The number of phenols is 1. The molecule has 2 aromatic rings. The molecule has 3 rings (SSSR count). The minimum Gasteiger partial charge on any atom is -0.506 e. The van der Waals surface area contributed by atoms with Crippen molar-refractivity contribution in [3.63, 3.8) is 0 Å². The molecule has 0 bridgehead atoms. The number of carbonyl (C=O) groups is 1. The van der Waals surface area contributed by atoms with Crippen molar-refractivity contribution < 1.29 is 14.6 Å². The quantitative estimate of drug-likeness (QED) is 0.920. The lowest BCUT2D eigenvalue weighted by Gasteiger charge is -2.29. The first-order valence-corrected chi connectivity index (χ1v) is 8.04. The van der Waals surface area contributed by atoms with E-state index < -0.39 is 0 Å². The third kappa shape index (κ3) is 3.13. The van der Waals surface area contributed by atoms with Gasteiger partial charge >= 0.3 is 0 Å². The summed E-state index contributed by atoms with van der Waals surface area (Å²) in [4.78, 5) is 14.4. The SMILES string of the molecule is CCCOc1ccc2c(c1)CCN(c1ccc(O)c(Cl)c1)C2=O. The summed E-state index contributed by atoms with van der Waals surface area (Å²) in [6.07, 6.45) is 1.70. The van der Waals surface area contributed by atoms with Gasteiger partial charge in [-0.2, -0.15) is 0 Å². The van der Waals surface area contributed by atoms with Gasteiger partial charge in [0.1, 0.15) is 11.5 Å². The number of halogens is 1. The van der Waals surface area contributed by atoms with E-state index in [-0.39, 0.29) is 16.7 Å². The molecule has 1 aliphatic heterocycles. The lowest BCUT2D eigenvalue weighted by molar-refractivity contribution is 0.0980. The third-order valence-electron chi connectivity index (χ3n) is 3.87. The van der Waals surface area contributed by atoms with Crippen LogP contribution in [0.4, 0.5) is 5.69 Å². The average Bonchev–Trinajstić information content (AvgIpc) is 2.56. The number of phenolic OH excluding ortho intramolecular Hbond substituents is 1. The maximum atomic E-state index is 12.7. The Morgan fingerprint density at radius 3 is 2.83 bits per heavy atom. The molecular weight excluding hydrogens is 314 g/mol. The van der Waals surface area contributed by atoms with Crippen LogP contribution in [0.2, 0.25) is 5.02 Å². The van der Waals surface area contributed by atoms with Crippen LogP contribution < -0.4 is 9.64 Å². The Balaban J connectivity index is 1.87. The molecule has 0 unspecified atom stereocenters. The number of carbonyl (C=O) groups excluding carboxylic acids is 1. The number of fused-ring (bicyclic) bond motifs is 1. The molecule has 2 aromatic carbocycles. The van der Waals surface area contributed by atoms with E-state index in [2.05, 4.69) is 6.92 Å². The molecule has 0 saturated heterocycles. The van der Waals surface area contributed by atoms with Crippen LogP contribution in [-0.4, -0.2) is 24.2 Å². The van der Waals surface area contributed by atoms with Gasteiger partial charge in [-0.3, -0.25) is 4.79 Å². The Hall–Kier alpha value is -2.20. The van der Waals surface area contributed by atoms with Crippen molar-refractivity contribution >= 4 is 23.2 Å². The van der Waals surface area contributed by atoms with Gasteiger partial charge in [0.05, 0.1) is 11.6 Å². The van der Waals surface area contributed by atoms with Crippen molar-refractivity contribution in [1.29, 1.82) is 0 Å². The summed E-state index contributed by atoms with van der Waals surface area (Å²) in [5.74, 6) is 0.757. The summed E-state index contributed by atoms with van der Waals surface area (Å²) in [7, 11) is 0. The fourth-order valence-corrected chi connectivity index (χ4v) is 2.86. The van der Waals surface area contributed by atoms with Gasteiger partial charge in [0, 0.05) is 17.8 Å². The molecule has 0 atom stereocenters. The van der Waals surface area contributed by atoms with Gasteiger partial charge in [0.25, 0.3) is 5.91 Å². The zero-order valence-corrected chi connectivity index (χ0v) is 13.6. The van der Waals surface area contributed by atoms with E-state index >= 15 is 0 Å². The van der Waals surface area contributed by atoms with Crippen LogP contribution in [0.25, 0.3) is 0 Å². The maximum absolute atomic E-state index is 12.7. The second kappa shape index (κ2) is 6.50. The number of anilines is 1. The van der Waals surface area contributed by atoms with Crippen LogP contribution in [0.5, 0.6) is 11.5 Å². The molecule has 120 valence electrons. The monoisotopic (exact) mass is 331 g/mol. The first-order valence-electron chi connectivity index (χ1n) is 7.66. The number of rotatable bonds is 4. The topological polar surface area (TPSA) is 49.8 Å². The van der Waals surface area contributed by atoms with Crippen LogP contribution in [-0.2, 0) is 6.42 Å². The van der Waals surface area contributed by atoms with Crippen LogP contribution >= 0.6 is 11.6 Å². The predicted octanol–water partition coefficient (Wildman–Crippen LogP) is 4.04. The second-order valence-electron chi connectivity index (χ2n) is 5.51. The molecule has 0 saturated carbocycles. The van der Waals surface area contributed by atoms with Crippen LogP contribution in [0.3, 0.4) is 0 Å². The van der Waals surface area contributed by atoms with Gasteiger partial charge < -0.3 is 14.7 Å². The summed E-state index contributed by atoms with van der Waals surface area (Å²) in [5, 5.41) is 9.76. The van der Waals surface area contributed by atoms with Crippen molar-refractivity contribution in [3.8, 4) is 11.5 Å². The maximum Gasteiger partial charge on any atom is 0.258 e. The highest BCUT2D eigenvalue weighted by Gasteiger charge is 2.26. The Bertz CT molecular complexity index is 745. The summed E-state index contributed by atoms with van der Waals surface area (Å²) >= 11 is 5.95. The number of ether oxygens (including phenoxy) is 1. The van der Waals surface area contributed by atoms with E-state index in [0.29, 0.717) is 24.4 Å². The molecule has 4 nitrogen and oxygen atoms in total. The standard InChI is InChI=1S/C18H18ClNO3/c1-2-9-23-14-4-5-15-12(10-14)7-8-20(18(15)22)13-3-6-17(21)16(19)11-13/h3-6,10-11,21H,2,7-9H2,1H3. The molecule has 0 fully saturated rings. The fraction of sp³-hybridized carbons (Fsp3) is 0.278. The minimum absolute atomic E-state index is 0.0120. The number of benzene rings is 2. The van der Waals surface area contributed by atoms with E-state index in [1.54, 1.807) is 17.0 Å². The Labute approximate surface area is 140 Å². The summed E-state index contributed by atoms with van der Waals surface area (Å²) in [6.45, 7) is 3.30. The van der Waals surface area contributed by atoms with E-state index in [4.69, 9.17) is 16.3 Å². The molecule has 5 heteroatoms. The molecule has 1 amide bonds. The van der Waals surface area contributed by atoms with Gasteiger partial charge in [0.2, 0.25) is 0 Å². The zero-order valence-electron chi connectivity index (χ0n) is 12.9. The first-order chi connectivity index (χ1) is 11.1. The van der Waals surface area contributed by atoms with Crippen molar-refractivity contribution in [1.82, 2.24) is 0 Å². The molecule has 1 N–H and O–H groups in total. The van der Waals surface area contributed by atoms with Gasteiger partial charge in [0.15, 0.2) is 0 Å². The highest BCUT2D eigenvalue weighted by molar-refractivity contribution is 6.32. The van der Waals surface area contributed by atoms with Crippen LogP contribution in [0, 0.1) is 0 Å². The molecule has 0 aromatic heterocycles. The highest BCUT2D eigenvalue weighted by Crippen LogP contribution is 2.32. The van der Waals surface area contributed by atoms with Crippen LogP contribution in [0.1, 0.15) is 29.3 Å². The third-order valence-corrected chi connectivity index (χ3v) is 4.18. The largest absolute Gasteiger partial charge is 0.506 e. The molecular formula is C18H18ClNO3. The molecule has 1 aliphatic rings. The first kappa shape index (κ1) is 15.7. The van der Waals surface area contributed by atoms with E-state index in [9.17, 15) is 9.90 Å². The Kier molecular flexibility index (Phi) is 4.44. The van der Waals surface area contributed by atoms with E-state index in [1.165, 1.54) is 6.07 Å². The number of hydrogen-bond donors (Lipinski definition) is 1. The predicted molar refractivity (Wildman–Crippen MR) is 90.7 cm³/mol. The van der Waals surface area contributed by atoms with E-state index in [1.807, 2.05) is 18.2 Å². The zero-order chi connectivity index (χ0) is 16.4. The lowest BCUT2D eigenvalue weighted by Crippen LogP contribution is -2.37. The van der Waals surface area contributed by atoms with Crippen molar-refractivity contribution in [2.45, 2.75) is 19.8 Å². The molecule has 1 heterocycles. The van der Waals surface area contributed by atoms with Crippen LogP contribution in [0.15, 0.2) is 36.4 Å². The molecule has 0 spiro atoms. The average molecular weight is 332 g/mol. The minimum atomic E-state index is -0.0601.